The maximum absolute atomic E-state index is 13.1. The van der Waals surface area contributed by atoms with Crippen molar-refractivity contribution in [1.29, 1.82) is 0 Å². The number of carbonyl (C=O) groups excluding carboxylic acids is 2. The normalized spacial score (nSPS) is 12.1. The van der Waals surface area contributed by atoms with E-state index in [2.05, 4.69) is 10.6 Å². The van der Waals surface area contributed by atoms with E-state index in [9.17, 15) is 19.5 Å². The summed E-state index contributed by atoms with van der Waals surface area (Å²) < 4.78 is 10.4. The number of carbonyl (C=O) groups is 3. The van der Waals surface area contributed by atoms with Crippen molar-refractivity contribution in [2.45, 2.75) is 31.5 Å². The Kier molecular flexibility index (Phi) is 9.24. The van der Waals surface area contributed by atoms with Gasteiger partial charge in [-0.05, 0) is 28.8 Å². The highest BCUT2D eigenvalue weighted by Crippen LogP contribution is 2.13. The Bertz CT molecular complexity index is 1100. The summed E-state index contributed by atoms with van der Waals surface area (Å²) in [5.41, 5.74) is 2.32. The summed E-state index contributed by atoms with van der Waals surface area (Å²) in [6, 6.07) is 23.0. The summed E-state index contributed by atoms with van der Waals surface area (Å²) in [7, 11) is 1.54. The van der Waals surface area contributed by atoms with Crippen molar-refractivity contribution in [3.8, 4) is 5.75 Å². The average Bonchev–Trinajstić information content (AvgIpc) is 2.88. The predicted molar refractivity (Wildman–Crippen MR) is 130 cm³/mol. The van der Waals surface area contributed by atoms with Gasteiger partial charge in [-0.2, -0.15) is 0 Å². The van der Waals surface area contributed by atoms with Crippen molar-refractivity contribution in [2.75, 3.05) is 7.11 Å². The molecule has 182 valence electrons. The molecule has 0 bridgehead atoms. The van der Waals surface area contributed by atoms with Gasteiger partial charge in [0, 0.05) is 12.8 Å². The number of methoxy groups -OCH3 is 1. The van der Waals surface area contributed by atoms with Crippen molar-refractivity contribution < 1.29 is 29.0 Å². The first-order chi connectivity index (χ1) is 16.9. The zero-order valence-electron chi connectivity index (χ0n) is 19.3. The Labute approximate surface area is 203 Å². The third-order valence-electron chi connectivity index (χ3n) is 5.32. The molecule has 0 spiro atoms. The molecule has 0 heterocycles. The van der Waals surface area contributed by atoms with Crippen molar-refractivity contribution >= 4 is 18.0 Å². The highest BCUT2D eigenvalue weighted by Gasteiger charge is 2.27. The standard InChI is InChI=1S/C27H28N2O6/c1-34-22-14-12-20(13-15-22)17-24(26(31)32)28-25(30)23(16-19-8-4-2-5-9-19)29-27(33)35-18-21-10-6-3-7-11-21/h2-15,23-24H,16-18H2,1H3,(H,28,30)(H,29,33)(H,31,32)/t23-,24-/m1/s1. The quantitative estimate of drug-likeness (QED) is 0.391. The monoisotopic (exact) mass is 476 g/mol. The van der Waals surface area contributed by atoms with Crippen LogP contribution in [-0.2, 0) is 33.8 Å². The van der Waals surface area contributed by atoms with Crippen molar-refractivity contribution in [3.05, 3.63) is 102 Å². The van der Waals surface area contributed by atoms with Crippen LogP contribution < -0.4 is 15.4 Å². The second-order valence-electron chi connectivity index (χ2n) is 7.90. The Balaban J connectivity index is 1.68. The van der Waals surface area contributed by atoms with Gasteiger partial charge in [0.1, 0.15) is 24.4 Å². The van der Waals surface area contributed by atoms with Gasteiger partial charge < -0.3 is 25.2 Å². The molecule has 0 saturated carbocycles. The molecule has 0 saturated heterocycles. The number of nitrogens with one attached hydrogen (secondary N) is 2. The summed E-state index contributed by atoms with van der Waals surface area (Å²) in [5.74, 6) is -1.16. The SMILES string of the molecule is COc1ccc(C[C@@H](NC(=O)[C@@H](Cc2ccccc2)NC(=O)OCc2ccccc2)C(=O)O)cc1. The largest absolute Gasteiger partial charge is 0.497 e. The average molecular weight is 477 g/mol. The molecule has 0 radical (unpaired) electrons. The fourth-order valence-electron chi connectivity index (χ4n) is 3.44. The highest BCUT2D eigenvalue weighted by molar-refractivity contribution is 5.89. The first-order valence-corrected chi connectivity index (χ1v) is 11.1. The Morgan fingerprint density at radius 2 is 1.29 bits per heavy atom. The van der Waals surface area contributed by atoms with Crippen LogP contribution in [0.25, 0.3) is 0 Å². The fraction of sp³-hybridized carbons (Fsp3) is 0.222. The van der Waals surface area contributed by atoms with E-state index in [-0.39, 0.29) is 19.4 Å². The molecular weight excluding hydrogens is 448 g/mol. The predicted octanol–water partition coefficient (Wildman–Crippen LogP) is 3.34. The number of aliphatic carboxylic acids is 1. The maximum Gasteiger partial charge on any atom is 0.408 e. The molecule has 2 atom stereocenters. The molecule has 0 unspecified atom stereocenters. The fourth-order valence-corrected chi connectivity index (χ4v) is 3.44. The lowest BCUT2D eigenvalue weighted by atomic mass is 10.0. The minimum Gasteiger partial charge on any atom is -0.497 e. The Morgan fingerprint density at radius 3 is 1.86 bits per heavy atom. The summed E-state index contributed by atoms with van der Waals surface area (Å²) in [6.45, 7) is 0.0432. The summed E-state index contributed by atoms with van der Waals surface area (Å²) in [6.07, 6.45) is -0.532. The van der Waals surface area contributed by atoms with E-state index in [4.69, 9.17) is 9.47 Å². The Hall–Kier alpha value is -4.33. The number of carboxylic acids is 1. The van der Waals surface area contributed by atoms with Crippen LogP contribution >= 0.6 is 0 Å². The highest BCUT2D eigenvalue weighted by atomic mass is 16.5. The third-order valence-corrected chi connectivity index (χ3v) is 5.32. The number of alkyl carbamates (subject to hydrolysis) is 1. The molecule has 35 heavy (non-hydrogen) atoms. The van der Waals surface area contributed by atoms with Gasteiger partial charge in [-0.15, -0.1) is 0 Å². The van der Waals surface area contributed by atoms with E-state index < -0.39 is 30.1 Å². The second-order valence-corrected chi connectivity index (χ2v) is 7.90. The van der Waals surface area contributed by atoms with Crippen LogP contribution in [0.1, 0.15) is 16.7 Å². The summed E-state index contributed by atoms with van der Waals surface area (Å²) in [5, 5.41) is 14.8. The number of carboxylic acid groups (broad SMARTS) is 1. The molecule has 0 aliphatic rings. The Morgan fingerprint density at radius 1 is 0.743 bits per heavy atom. The van der Waals surface area contributed by atoms with Gasteiger partial charge in [-0.25, -0.2) is 9.59 Å². The molecule has 0 aliphatic heterocycles. The zero-order chi connectivity index (χ0) is 25.0. The summed E-state index contributed by atoms with van der Waals surface area (Å²) >= 11 is 0. The van der Waals surface area contributed by atoms with Gasteiger partial charge in [0.15, 0.2) is 0 Å². The first-order valence-electron chi connectivity index (χ1n) is 11.1. The van der Waals surface area contributed by atoms with Crippen molar-refractivity contribution in [1.82, 2.24) is 10.6 Å². The molecule has 3 rings (SSSR count). The number of benzene rings is 3. The minimum atomic E-state index is -1.18. The smallest absolute Gasteiger partial charge is 0.408 e. The number of ether oxygens (including phenoxy) is 2. The molecular formula is C27H28N2O6. The summed E-state index contributed by atoms with van der Waals surface area (Å²) in [4.78, 5) is 37.4. The van der Waals surface area contributed by atoms with Crippen molar-refractivity contribution in [3.63, 3.8) is 0 Å². The zero-order valence-corrected chi connectivity index (χ0v) is 19.3. The van der Waals surface area contributed by atoms with Gasteiger partial charge >= 0.3 is 12.1 Å². The van der Waals surface area contributed by atoms with E-state index in [1.165, 1.54) is 0 Å². The van der Waals surface area contributed by atoms with E-state index >= 15 is 0 Å². The van der Waals surface area contributed by atoms with Gasteiger partial charge in [0.25, 0.3) is 0 Å². The maximum atomic E-state index is 13.1. The molecule has 3 aromatic carbocycles. The molecule has 3 aromatic rings. The first kappa shape index (κ1) is 25.3. The molecule has 2 amide bonds. The van der Waals surface area contributed by atoms with Gasteiger partial charge in [0.2, 0.25) is 5.91 Å². The van der Waals surface area contributed by atoms with E-state index in [0.717, 1.165) is 11.1 Å². The topological polar surface area (TPSA) is 114 Å². The van der Waals surface area contributed by atoms with E-state index in [0.29, 0.717) is 11.3 Å². The van der Waals surface area contributed by atoms with Crippen LogP contribution in [0.15, 0.2) is 84.9 Å². The molecule has 0 aromatic heterocycles. The number of rotatable bonds is 11. The van der Waals surface area contributed by atoms with Crippen LogP contribution in [0.2, 0.25) is 0 Å². The van der Waals surface area contributed by atoms with Crippen LogP contribution in [-0.4, -0.2) is 42.3 Å². The van der Waals surface area contributed by atoms with Crippen LogP contribution in [0.5, 0.6) is 5.75 Å². The lowest BCUT2D eigenvalue weighted by molar-refractivity contribution is -0.142. The third kappa shape index (κ3) is 8.19. The van der Waals surface area contributed by atoms with E-state index in [1.54, 1.807) is 31.4 Å². The molecule has 0 aliphatic carbocycles. The second kappa shape index (κ2) is 12.8. The van der Waals surface area contributed by atoms with Gasteiger partial charge in [-0.1, -0.05) is 72.8 Å². The molecule has 0 fully saturated rings. The number of hydrogen-bond donors (Lipinski definition) is 3. The molecule has 8 nitrogen and oxygen atoms in total. The minimum absolute atomic E-state index is 0.0432. The van der Waals surface area contributed by atoms with Gasteiger partial charge in [0.05, 0.1) is 7.11 Å². The lowest BCUT2D eigenvalue weighted by Crippen LogP contribution is -2.53. The van der Waals surface area contributed by atoms with E-state index in [1.807, 2.05) is 60.7 Å². The van der Waals surface area contributed by atoms with Crippen LogP contribution in [0.3, 0.4) is 0 Å². The number of hydrogen-bond acceptors (Lipinski definition) is 5. The molecule has 8 heteroatoms. The molecule has 3 N–H and O–H groups in total. The van der Waals surface area contributed by atoms with Crippen LogP contribution in [0, 0.1) is 0 Å². The van der Waals surface area contributed by atoms with Crippen molar-refractivity contribution in [2.24, 2.45) is 0 Å². The van der Waals surface area contributed by atoms with Crippen LogP contribution in [0.4, 0.5) is 4.79 Å². The van der Waals surface area contributed by atoms with Gasteiger partial charge in [-0.3, -0.25) is 4.79 Å². The lowest BCUT2D eigenvalue weighted by Gasteiger charge is -2.21. The number of amides is 2.